The van der Waals surface area contributed by atoms with E-state index in [0.717, 1.165) is 11.1 Å². The van der Waals surface area contributed by atoms with Crippen LogP contribution in [0.1, 0.15) is 28.7 Å². The van der Waals surface area contributed by atoms with Crippen molar-refractivity contribution in [2.45, 2.75) is 19.5 Å². The van der Waals surface area contributed by atoms with Gasteiger partial charge < -0.3 is 5.32 Å². The highest BCUT2D eigenvalue weighted by Crippen LogP contribution is 2.15. The third-order valence-electron chi connectivity index (χ3n) is 4.76. The van der Waals surface area contributed by atoms with Crippen LogP contribution in [0, 0.1) is 28.5 Å². The van der Waals surface area contributed by atoms with Crippen molar-refractivity contribution in [3.63, 3.8) is 0 Å². The van der Waals surface area contributed by atoms with Crippen molar-refractivity contribution in [2.75, 3.05) is 11.9 Å². The Morgan fingerprint density at radius 1 is 0.903 bits per heavy atom. The van der Waals surface area contributed by atoms with Crippen LogP contribution in [0.2, 0.25) is 0 Å². The summed E-state index contributed by atoms with van der Waals surface area (Å²) in [7, 11) is 0. The number of hydrogen-bond acceptors (Lipinski definition) is 4. The van der Waals surface area contributed by atoms with Crippen LogP contribution in [-0.2, 0) is 17.9 Å². The Morgan fingerprint density at radius 3 is 2.35 bits per heavy atom. The van der Waals surface area contributed by atoms with Gasteiger partial charge in [-0.3, -0.25) is 9.69 Å². The first-order valence-electron chi connectivity index (χ1n) is 9.82. The van der Waals surface area contributed by atoms with Crippen LogP contribution in [-0.4, -0.2) is 17.4 Å². The van der Waals surface area contributed by atoms with E-state index >= 15 is 0 Å². The van der Waals surface area contributed by atoms with Gasteiger partial charge in [-0.25, -0.2) is 4.39 Å². The molecule has 0 aliphatic rings. The molecule has 3 rings (SSSR count). The minimum Gasteiger partial charge on any atom is -0.325 e. The van der Waals surface area contributed by atoms with Gasteiger partial charge in [-0.05, 0) is 47.5 Å². The number of carbonyl (C=O) groups excluding carboxylic acids is 1. The van der Waals surface area contributed by atoms with E-state index in [1.54, 1.807) is 42.5 Å². The van der Waals surface area contributed by atoms with Crippen LogP contribution in [0.4, 0.5) is 10.1 Å². The second-order valence-corrected chi connectivity index (χ2v) is 7.10. The molecule has 1 amide bonds. The van der Waals surface area contributed by atoms with Crippen LogP contribution >= 0.6 is 0 Å². The van der Waals surface area contributed by atoms with Crippen LogP contribution < -0.4 is 5.32 Å². The molecule has 0 saturated heterocycles. The molecule has 0 heterocycles. The standard InChI is InChI=1S/C25H21FN4O/c26-23-6-3-4-21(14-23)18-30(17-20-10-8-19(15-27)9-11-20)13-12-25(31)29-24-7-2-1-5-22(24)16-28/h1-11,14H,12-13,17-18H2,(H,29,31). The predicted octanol–water partition coefficient (Wildman–Crippen LogP) is 4.60. The lowest BCUT2D eigenvalue weighted by Gasteiger charge is -2.22. The first-order chi connectivity index (χ1) is 15.1. The maximum atomic E-state index is 13.6. The van der Waals surface area contributed by atoms with Gasteiger partial charge in [0.25, 0.3) is 0 Å². The van der Waals surface area contributed by atoms with Crippen LogP contribution in [0.25, 0.3) is 0 Å². The number of rotatable bonds is 8. The van der Waals surface area contributed by atoms with Crippen molar-refractivity contribution in [1.29, 1.82) is 10.5 Å². The summed E-state index contributed by atoms with van der Waals surface area (Å²) in [4.78, 5) is 14.5. The number of hydrogen-bond donors (Lipinski definition) is 1. The van der Waals surface area contributed by atoms with Crippen LogP contribution in [0.5, 0.6) is 0 Å². The third kappa shape index (κ3) is 6.50. The molecule has 0 unspecified atom stereocenters. The van der Waals surface area contributed by atoms with E-state index in [2.05, 4.69) is 17.5 Å². The van der Waals surface area contributed by atoms with Crippen LogP contribution in [0.3, 0.4) is 0 Å². The zero-order chi connectivity index (χ0) is 22.1. The molecule has 0 aliphatic carbocycles. The van der Waals surface area contributed by atoms with E-state index < -0.39 is 0 Å². The van der Waals surface area contributed by atoms with Crippen molar-refractivity contribution in [3.8, 4) is 12.1 Å². The molecule has 0 spiro atoms. The molecule has 5 nitrogen and oxygen atoms in total. The lowest BCUT2D eigenvalue weighted by atomic mass is 10.1. The number of anilines is 1. The maximum absolute atomic E-state index is 13.6. The van der Waals surface area contributed by atoms with E-state index in [0.29, 0.717) is 36.4 Å². The predicted molar refractivity (Wildman–Crippen MR) is 116 cm³/mol. The normalized spacial score (nSPS) is 10.3. The number of nitrogens with one attached hydrogen (secondary N) is 1. The molecular formula is C25H21FN4O. The molecule has 0 aromatic heterocycles. The van der Waals surface area contributed by atoms with Gasteiger partial charge in [0.15, 0.2) is 0 Å². The highest BCUT2D eigenvalue weighted by molar-refractivity contribution is 5.92. The summed E-state index contributed by atoms with van der Waals surface area (Å²) in [5.74, 6) is -0.506. The van der Waals surface area contributed by atoms with Crippen molar-refractivity contribution in [1.82, 2.24) is 4.90 Å². The summed E-state index contributed by atoms with van der Waals surface area (Å²) in [6.07, 6.45) is 0.214. The molecule has 1 N–H and O–H groups in total. The lowest BCUT2D eigenvalue weighted by Crippen LogP contribution is -2.27. The second-order valence-electron chi connectivity index (χ2n) is 7.10. The number of para-hydroxylation sites is 1. The average molecular weight is 412 g/mol. The first-order valence-corrected chi connectivity index (χ1v) is 9.82. The number of nitriles is 2. The number of halogens is 1. The van der Waals surface area contributed by atoms with Gasteiger partial charge >= 0.3 is 0 Å². The minimum absolute atomic E-state index is 0.202. The van der Waals surface area contributed by atoms with Gasteiger partial charge in [-0.2, -0.15) is 10.5 Å². The summed E-state index contributed by atoms with van der Waals surface area (Å²) < 4.78 is 13.6. The fraction of sp³-hybridized carbons (Fsp3) is 0.160. The smallest absolute Gasteiger partial charge is 0.225 e. The number of amides is 1. The van der Waals surface area contributed by atoms with Crippen molar-refractivity contribution in [2.24, 2.45) is 0 Å². The van der Waals surface area contributed by atoms with E-state index in [1.807, 2.05) is 23.1 Å². The Morgan fingerprint density at radius 2 is 1.65 bits per heavy atom. The van der Waals surface area contributed by atoms with Gasteiger partial charge in [-0.1, -0.05) is 36.4 Å². The van der Waals surface area contributed by atoms with Gasteiger partial charge in [0.1, 0.15) is 11.9 Å². The Kier molecular flexibility index (Phi) is 7.48. The van der Waals surface area contributed by atoms with Crippen molar-refractivity contribution in [3.05, 3.63) is 101 Å². The summed E-state index contributed by atoms with van der Waals surface area (Å²) in [6.45, 7) is 1.46. The van der Waals surface area contributed by atoms with Gasteiger partial charge in [0.05, 0.1) is 22.9 Å². The Balaban J connectivity index is 1.68. The van der Waals surface area contributed by atoms with Crippen LogP contribution in [0.15, 0.2) is 72.8 Å². The first kappa shape index (κ1) is 21.7. The quantitative estimate of drug-likeness (QED) is 0.586. The molecule has 0 saturated carbocycles. The largest absolute Gasteiger partial charge is 0.325 e. The summed E-state index contributed by atoms with van der Waals surface area (Å²) in [5.41, 5.74) is 3.27. The van der Waals surface area contributed by atoms with E-state index in [9.17, 15) is 14.4 Å². The fourth-order valence-corrected chi connectivity index (χ4v) is 3.21. The topological polar surface area (TPSA) is 79.9 Å². The Labute approximate surface area is 181 Å². The van der Waals surface area contributed by atoms with Gasteiger partial charge in [-0.15, -0.1) is 0 Å². The third-order valence-corrected chi connectivity index (χ3v) is 4.76. The molecule has 0 bridgehead atoms. The zero-order valence-electron chi connectivity index (χ0n) is 16.9. The lowest BCUT2D eigenvalue weighted by molar-refractivity contribution is -0.116. The summed E-state index contributed by atoms with van der Waals surface area (Å²) in [6, 6.07) is 24.6. The van der Waals surface area contributed by atoms with Crippen molar-refractivity contribution >= 4 is 11.6 Å². The zero-order valence-corrected chi connectivity index (χ0v) is 16.9. The fourth-order valence-electron chi connectivity index (χ4n) is 3.21. The molecular weight excluding hydrogens is 391 g/mol. The molecule has 0 radical (unpaired) electrons. The molecule has 0 atom stereocenters. The molecule has 31 heavy (non-hydrogen) atoms. The maximum Gasteiger partial charge on any atom is 0.225 e. The number of nitrogens with zero attached hydrogens (tertiary/aromatic N) is 3. The van der Waals surface area contributed by atoms with E-state index in [1.165, 1.54) is 12.1 Å². The molecule has 0 fully saturated rings. The monoisotopic (exact) mass is 412 g/mol. The number of benzene rings is 3. The van der Waals surface area contributed by atoms with E-state index in [-0.39, 0.29) is 18.1 Å². The molecule has 0 aliphatic heterocycles. The SMILES string of the molecule is N#Cc1ccc(CN(CCC(=O)Nc2ccccc2C#N)Cc2cccc(F)c2)cc1. The highest BCUT2D eigenvalue weighted by atomic mass is 19.1. The van der Waals surface area contributed by atoms with E-state index in [4.69, 9.17) is 5.26 Å². The summed E-state index contributed by atoms with van der Waals surface area (Å²) >= 11 is 0. The summed E-state index contributed by atoms with van der Waals surface area (Å²) in [5, 5.41) is 20.9. The average Bonchev–Trinajstić information content (AvgIpc) is 2.78. The van der Waals surface area contributed by atoms with Crippen molar-refractivity contribution < 1.29 is 9.18 Å². The van der Waals surface area contributed by atoms with Gasteiger partial charge in [0, 0.05) is 26.1 Å². The molecule has 3 aromatic carbocycles. The molecule has 6 heteroatoms. The molecule has 3 aromatic rings. The number of carbonyl (C=O) groups is 1. The molecule has 154 valence electrons. The highest BCUT2D eigenvalue weighted by Gasteiger charge is 2.12. The second kappa shape index (κ2) is 10.7. The minimum atomic E-state index is -0.304. The Bertz CT molecular complexity index is 1130. The van der Waals surface area contributed by atoms with Gasteiger partial charge in [0.2, 0.25) is 5.91 Å². The Hall–Kier alpha value is -4.00.